The Morgan fingerprint density at radius 3 is 2.45 bits per heavy atom. The van der Waals surface area contributed by atoms with Gasteiger partial charge in [-0.3, -0.25) is 4.57 Å². The maximum Gasteiger partial charge on any atom is 0.196 e. The van der Waals surface area contributed by atoms with Gasteiger partial charge in [0.15, 0.2) is 11.0 Å². The number of phenolic OH excluding ortho intramolecular Hbond substituents is 1. The summed E-state index contributed by atoms with van der Waals surface area (Å²) in [7, 11) is 0. The van der Waals surface area contributed by atoms with E-state index in [1.165, 1.54) is 0 Å². The zero-order chi connectivity index (χ0) is 15.4. The molecule has 0 radical (unpaired) electrons. The molecule has 0 unspecified atom stereocenters. The third-order valence-corrected chi connectivity index (χ3v) is 4.36. The Morgan fingerprint density at radius 1 is 1.00 bits per heavy atom. The van der Waals surface area contributed by atoms with Gasteiger partial charge in [0.2, 0.25) is 0 Å². The normalized spacial score (nSPS) is 10.8. The maximum absolute atomic E-state index is 10.1. The van der Waals surface area contributed by atoms with Crippen LogP contribution in [-0.2, 0) is 0 Å². The van der Waals surface area contributed by atoms with Crippen molar-refractivity contribution in [2.24, 2.45) is 0 Å². The summed E-state index contributed by atoms with van der Waals surface area (Å²) < 4.78 is 2.00. The second kappa shape index (κ2) is 6.66. The first-order valence-corrected chi connectivity index (χ1v) is 8.22. The first kappa shape index (κ1) is 14.7. The molecule has 3 aromatic rings. The average molecular weight is 311 g/mol. The lowest BCUT2D eigenvalue weighted by atomic mass is 10.2. The zero-order valence-electron chi connectivity index (χ0n) is 12.3. The minimum atomic E-state index is 0.208. The lowest BCUT2D eigenvalue weighted by molar-refractivity contribution is 0.476. The van der Waals surface area contributed by atoms with E-state index >= 15 is 0 Å². The van der Waals surface area contributed by atoms with Gasteiger partial charge in [-0.05, 0) is 30.7 Å². The summed E-state index contributed by atoms with van der Waals surface area (Å²) in [5.74, 6) is 1.84. The second-order valence-corrected chi connectivity index (χ2v) is 5.90. The van der Waals surface area contributed by atoms with Gasteiger partial charge in [0.25, 0.3) is 0 Å². The summed E-state index contributed by atoms with van der Waals surface area (Å²) >= 11 is 1.67. The number of aromatic nitrogens is 3. The van der Waals surface area contributed by atoms with E-state index in [0.717, 1.165) is 23.0 Å². The Bertz CT molecular complexity index is 756. The molecule has 0 aliphatic heterocycles. The number of rotatable bonds is 5. The number of aromatic hydroxyl groups is 1. The van der Waals surface area contributed by atoms with Crippen LogP contribution in [0.3, 0.4) is 0 Å². The SMILES string of the molecule is CCCSc1nnc(-c2ccccc2O)n1-c1ccccc1. The molecule has 2 aromatic carbocycles. The lowest BCUT2D eigenvalue weighted by Gasteiger charge is -2.10. The molecule has 1 N–H and O–H groups in total. The highest BCUT2D eigenvalue weighted by Crippen LogP contribution is 2.32. The number of phenols is 1. The smallest absolute Gasteiger partial charge is 0.196 e. The van der Waals surface area contributed by atoms with Crippen molar-refractivity contribution in [2.45, 2.75) is 18.5 Å². The minimum absolute atomic E-state index is 0.208. The summed E-state index contributed by atoms with van der Waals surface area (Å²) in [4.78, 5) is 0. The van der Waals surface area contributed by atoms with Crippen LogP contribution >= 0.6 is 11.8 Å². The average Bonchev–Trinajstić information content (AvgIpc) is 2.98. The Kier molecular flexibility index (Phi) is 4.44. The number of nitrogens with zero attached hydrogens (tertiary/aromatic N) is 3. The predicted molar refractivity (Wildman–Crippen MR) is 89.5 cm³/mol. The Hall–Kier alpha value is -2.27. The predicted octanol–water partition coefficient (Wildman–Crippen LogP) is 4.14. The third kappa shape index (κ3) is 2.85. The molecule has 1 aromatic heterocycles. The van der Waals surface area contributed by atoms with Gasteiger partial charge in [-0.2, -0.15) is 0 Å². The van der Waals surface area contributed by atoms with Crippen LogP contribution in [0.1, 0.15) is 13.3 Å². The molecule has 112 valence electrons. The van der Waals surface area contributed by atoms with Crippen LogP contribution in [0.2, 0.25) is 0 Å². The van der Waals surface area contributed by atoms with E-state index < -0.39 is 0 Å². The van der Waals surface area contributed by atoms with Crippen LogP contribution in [0.4, 0.5) is 0 Å². The molecular formula is C17H17N3OS. The zero-order valence-corrected chi connectivity index (χ0v) is 13.1. The number of para-hydroxylation sites is 2. The fourth-order valence-electron chi connectivity index (χ4n) is 2.20. The van der Waals surface area contributed by atoms with Gasteiger partial charge in [0.1, 0.15) is 5.75 Å². The topological polar surface area (TPSA) is 50.9 Å². The summed E-state index contributed by atoms with van der Waals surface area (Å²) in [5, 5.41) is 19.6. The van der Waals surface area contributed by atoms with Crippen molar-refractivity contribution in [3.63, 3.8) is 0 Å². The quantitative estimate of drug-likeness (QED) is 0.719. The first-order valence-electron chi connectivity index (χ1n) is 7.23. The monoisotopic (exact) mass is 311 g/mol. The van der Waals surface area contributed by atoms with Crippen LogP contribution in [-0.4, -0.2) is 25.6 Å². The Labute approximate surface area is 133 Å². The van der Waals surface area contributed by atoms with Crippen molar-refractivity contribution in [1.29, 1.82) is 0 Å². The molecule has 0 aliphatic rings. The molecule has 22 heavy (non-hydrogen) atoms. The Morgan fingerprint density at radius 2 is 1.73 bits per heavy atom. The number of hydrogen-bond donors (Lipinski definition) is 1. The van der Waals surface area contributed by atoms with Crippen molar-refractivity contribution in [1.82, 2.24) is 14.8 Å². The number of hydrogen-bond acceptors (Lipinski definition) is 4. The molecule has 1 heterocycles. The molecule has 0 bridgehead atoms. The summed E-state index contributed by atoms with van der Waals surface area (Å²) in [5.41, 5.74) is 1.67. The number of benzene rings is 2. The van der Waals surface area contributed by atoms with Crippen LogP contribution in [0.5, 0.6) is 5.75 Å². The van der Waals surface area contributed by atoms with Crippen LogP contribution in [0.15, 0.2) is 59.8 Å². The van der Waals surface area contributed by atoms with Gasteiger partial charge in [0, 0.05) is 11.4 Å². The molecular weight excluding hydrogens is 294 g/mol. The molecule has 0 aliphatic carbocycles. The molecule has 4 nitrogen and oxygen atoms in total. The molecule has 0 saturated carbocycles. The van der Waals surface area contributed by atoms with E-state index in [4.69, 9.17) is 0 Å². The molecule has 0 atom stereocenters. The van der Waals surface area contributed by atoms with Gasteiger partial charge in [-0.1, -0.05) is 49.0 Å². The van der Waals surface area contributed by atoms with Crippen molar-refractivity contribution >= 4 is 11.8 Å². The molecule has 3 rings (SSSR count). The molecule has 0 saturated heterocycles. The Balaban J connectivity index is 2.15. The van der Waals surface area contributed by atoms with Gasteiger partial charge in [-0.25, -0.2) is 0 Å². The highest BCUT2D eigenvalue weighted by atomic mass is 32.2. The highest BCUT2D eigenvalue weighted by molar-refractivity contribution is 7.99. The summed E-state index contributed by atoms with van der Waals surface area (Å²) in [6.45, 7) is 2.14. The van der Waals surface area contributed by atoms with E-state index in [2.05, 4.69) is 17.1 Å². The second-order valence-electron chi connectivity index (χ2n) is 4.84. The molecule has 0 fully saturated rings. The largest absolute Gasteiger partial charge is 0.507 e. The van der Waals surface area contributed by atoms with E-state index in [1.807, 2.05) is 47.0 Å². The van der Waals surface area contributed by atoms with Crippen molar-refractivity contribution in [3.8, 4) is 22.8 Å². The minimum Gasteiger partial charge on any atom is -0.507 e. The first-order chi connectivity index (χ1) is 10.8. The third-order valence-electron chi connectivity index (χ3n) is 3.23. The summed E-state index contributed by atoms with van der Waals surface area (Å²) in [6, 6.07) is 17.2. The van der Waals surface area contributed by atoms with Crippen LogP contribution in [0.25, 0.3) is 17.1 Å². The fourth-order valence-corrected chi connectivity index (χ4v) is 3.01. The van der Waals surface area contributed by atoms with E-state index in [1.54, 1.807) is 23.9 Å². The van der Waals surface area contributed by atoms with Crippen LogP contribution in [0, 0.1) is 0 Å². The van der Waals surface area contributed by atoms with Crippen molar-refractivity contribution in [2.75, 3.05) is 5.75 Å². The highest BCUT2D eigenvalue weighted by Gasteiger charge is 2.17. The van der Waals surface area contributed by atoms with Crippen molar-refractivity contribution in [3.05, 3.63) is 54.6 Å². The van der Waals surface area contributed by atoms with Crippen molar-refractivity contribution < 1.29 is 5.11 Å². The standard InChI is InChI=1S/C17H17N3OS/c1-2-12-22-17-19-18-16(14-10-6-7-11-15(14)21)20(17)13-8-4-3-5-9-13/h3-11,21H,2,12H2,1H3. The van der Waals surface area contributed by atoms with Crippen LogP contribution < -0.4 is 0 Å². The molecule has 0 spiro atoms. The molecule has 0 amide bonds. The molecule has 5 heteroatoms. The van der Waals surface area contributed by atoms with Gasteiger partial charge < -0.3 is 5.11 Å². The van der Waals surface area contributed by atoms with Gasteiger partial charge in [0.05, 0.1) is 5.56 Å². The number of thioether (sulfide) groups is 1. The van der Waals surface area contributed by atoms with E-state index in [9.17, 15) is 5.11 Å². The summed E-state index contributed by atoms with van der Waals surface area (Å²) in [6.07, 6.45) is 1.07. The van der Waals surface area contributed by atoms with Gasteiger partial charge in [-0.15, -0.1) is 10.2 Å². The van der Waals surface area contributed by atoms with E-state index in [-0.39, 0.29) is 5.75 Å². The van der Waals surface area contributed by atoms with Gasteiger partial charge >= 0.3 is 0 Å². The van der Waals surface area contributed by atoms with E-state index in [0.29, 0.717) is 11.4 Å². The fraction of sp³-hybridized carbons (Fsp3) is 0.176. The maximum atomic E-state index is 10.1. The lowest BCUT2D eigenvalue weighted by Crippen LogP contribution is -1.99.